The van der Waals surface area contributed by atoms with Crippen molar-refractivity contribution in [2.75, 3.05) is 70.5 Å². The first kappa shape index (κ1) is 19.2. The van der Waals surface area contributed by atoms with E-state index in [-0.39, 0.29) is 0 Å². The van der Waals surface area contributed by atoms with Gasteiger partial charge in [-0.05, 0) is 24.3 Å². The van der Waals surface area contributed by atoms with Gasteiger partial charge in [0.05, 0.1) is 19.3 Å². The van der Waals surface area contributed by atoms with Crippen LogP contribution in [0.25, 0.3) is 0 Å². The van der Waals surface area contributed by atoms with Gasteiger partial charge in [-0.3, -0.25) is 9.80 Å². The zero-order chi connectivity index (χ0) is 19.0. The van der Waals surface area contributed by atoms with Crippen LogP contribution in [0, 0.1) is 0 Å². The molecule has 5 heteroatoms. The average molecular weight is 382 g/mol. The van der Waals surface area contributed by atoms with Crippen LogP contribution in [0.2, 0.25) is 0 Å². The van der Waals surface area contributed by atoms with E-state index in [0.717, 1.165) is 71.4 Å². The molecule has 28 heavy (non-hydrogen) atoms. The number of ether oxygens (including phenoxy) is 2. The van der Waals surface area contributed by atoms with Crippen LogP contribution in [-0.4, -0.2) is 81.5 Å². The predicted molar refractivity (Wildman–Crippen MR) is 113 cm³/mol. The third-order valence-corrected chi connectivity index (χ3v) is 5.71. The monoisotopic (exact) mass is 381 g/mol. The maximum Gasteiger partial charge on any atom is 0.119 e. The van der Waals surface area contributed by atoms with E-state index >= 15 is 0 Å². The second-order valence-electron chi connectivity index (χ2n) is 7.55. The van der Waals surface area contributed by atoms with Crippen molar-refractivity contribution in [1.82, 2.24) is 9.80 Å². The first-order valence-corrected chi connectivity index (χ1v) is 10.4. The van der Waals surface area contributed by atoms with Crippen molar-refractivity contribution in [2.45, 2.75) is 6.04 Å². The summed E-state index contributed by atoms with van der Waals surface area (Å²) in [6.45, 7) is 9.77. The van der Waals surface area contributed by atoms with Gasteiger partial charge < -0.3 is 14.4 Å². The van der Waals surface area contributed by atoms with Crippen LogP contribution >= 0.6 is 0 Å². The summed E-state index contributed by atoms with van der Waals surface area (Å²) >= 11 is 0. The van der Waals surface area contributed by atoms with E-state index in [0.29, 0.717) is 6.04 Å². The number of hydrogen-bond acceptors (Lipinski definition) is 5. The molecule has 0 radical (unpaired) electrons. The zero-order valence-corrected chi connectivity index (χ0v) is 16.6. The van der Waals surface area contributed by atoms with Crippen molar-refractivity contribution in [1.29, 1.82) is 0 Å². The normalized spacial score (nSPS) is 20.1. The first-order valence-electron chi connectivity index (χ1n) is 10.4. The standard InChI is InChI=1S/C23H31N3O2/c1-3-7-21(8-4-1)25-11-13-26(14-12-25)22(19-24-15-17-27-18-16-24)20-28-23-9-5-2-6-10-23/h1-10,22H,11-20H2. The average Bonchev–Trinajstić information content (AvgIpc) is 2.79. The molecular weight excluding hydrogens is 350 g/mol. The van der Waals surface area contributed by atoms with Crippen LogP contribution < -0.4 is 9.64 Å². The number of para-hydroxylation sites is 2. The van der Waals surface area contributed by atoms with Crippen molar-refractivity contribution in [3.8, 4) is 5.75 Å². The Balaban J connectivity index is 1.36. The second-order valence-corrected chi connectivity index (χ2v) is 7.55. The maximum absolute atomic E-state index is 6.16. The molecule has 2 aliphatic rings. The molecule has 0 aliphatic carbocycles. The second kappa shape index (κ2) is 9.92. The first-order chi connectivity index (χ1) is 13.9. The van der Waals surface area contributed by atoms with E-state index < -0.39 is 0 Å². The lowest BCUT2D eigenvalue weighted by Gasteiger charge is -2.42. The van der Waals surface area contributed by atoms with Gasteiger partial charge in [-0.15, -0.1) is 0 Å². The molecule has 2 heterocycles. The van der Waals surface area contributed by atoms with Gasteiger partial charge in [0.1, 0.15) is 12.4 Å². The minimum atomic E-state index is 0.399. The van der Waals surface area contributed by atoms with Crippen LogP contribution in [0.1, 0.15) is 0 Å². The van der Waals surface area contributed by atoms with Gasteiger partial charge in [0.15, 0.2) is 0 Å². The molecule has 4 rings (SSSR count). The Morgan fingerprint density at radius 3 is 2.11 bits per heavy atom. The van der Waals surface area contributed by atoms with Gasteiger partial charge in [-0.1, -0.05) is 36.4 Å². The molecule has 0 saturated carbocycles. The van der Waals surface area contributed by atoms with E-state index in [9.17, 15) is 0 Å². The number of nitrogens with zero attached hydrogens (tertiary/aromatic N) is 3. The van der Waals surface area contributed by atoms with Crippen LogP contribution in [0.4, 0.5) is 5.69 Å². The number of hydrogen-bond donors (Lipinski definition) is 0. The van der Waals surface area contributed by atoms with Crippen molar-refractivity contribution in [3.63, 3.8) is 0 Å². The molecule has 0 bridgehead atoms. The summed E-state index contributed by atoms with van der Waals surface area (Å²) in [5.74, 6) is 0.956. The van der Waals surface area contributed by atoms with E-state index in [1.807, 2.05) is 30.3 Å². The summed E-state index contributed by atoms with van der Waals surface area (Å²) < 4.78 is 11.7. The van der Waals surface area contributed by atoms with Gasteiger partial charge in [0, 0.05) is 51.5 Å². The van der Waals surface area contributed by atoms with Gasteiger partial charge >= 0.3 is 0 Å². The number of rotatable bonds is 7. The lowest BCUT2D eigenvalue weighted by Crippen LogP contribution is -2.56. The number of piperazine rings is 1. The predicted octanol–water partition coefficient (Wildman–Crippen LogP) is 2.59. The number of benzene rings is 2. The molecule has 2 fully saturated rings. The minimum absolute atomic E-state index is 0.399. The molecule has 5 nitrogen and oxygen atoms in total. The third kappa shape index (κ3) is 5.25. The highest BCUT2D eigenvalue weighted by molar-refractivity contribution is 5.46. The molecule has 2 saturated heterocycles. The van der Waals surface area contributed by atoms with Crippen LogP contribution in [0.15, 0.2) is 60.7 Å². The molecule has 0 aromatic heterocycles. The van der Waals surface area contributed by atoms with Crippen LogP contribution in [0.3, 0.4) is 0 Å². The fourth-order valence-corrected chi connectivity index (χ4v) is 4.05. The maximum atomic E-state index is 6.16. The molecular formula is C23H31N3O2. The Morgan fingerprint density at radius 1 is 0.786 bits per heavy atom. The number of morpholine rings is 1. The lowest BCUT2D eigenvalue weighted by atomic mass is 10.1. The Hall–Kier alpha value is -2.08. The smallest absolute Gasteiger partial charge is 0.119 e. The van der Waals surface area contributed by atoms with Crippen molar-refractivity contribution in [2.24, 2.45) is 0 Å². The largest absolute Gasteiger partial charge is 0.492 e. The summed E-state index contributed by atoms with van der Waals surface area (Å²) in [6.07, 6.45) is 0. The molecule has 150 valence electrons. The summed E-state index contributed by atoms with van der Waals surface area (Å²) in [7, 11) is 0. The third-order valence-electron chi connectivity index (χ3n) is 5.71. The Bertz CT molecular complexity index is 684. The van der Waals surface area contributed by atoms with E-state index in [1.54, 1.807) is 0 Å². The number of anilines is 1. The Morgan fingerprint density at radius 2 is 1.43 bits per heavy atom. The summed E-state index contributed by atoms with van der Waals surface area (Å²) in [4.78, 5) is 7.62. The highest BCUT2D eigenvalue weighted by Gasteiger charge is 2.27. The Labute approximate surface area is 168 Å². The fourth-order valence-electron chi connectivity index (χ4n) is 4.05. The summed E-state index contributed by atoms with van der Waals surface area (Å²) in [6, 6.07) is 21.3. The Kier molecular flexibility index (Phi) is 6.82. The van der Waals surface area contributed by atoms with E-state index in [1.165, 1.54) is 5.69 Å². The molecule has 2 aromatic rings. The van der Waals surface area contributed by atoms with Crippen molar-refractivity contribution in [3.05, 3.63) is 60.7 Å². The summed E-state index contributed by atoms with van der Waals surface area (Å²) in [5, 5.41) is 0. The van der Waals surface area contributed by atoms with Crippen molar-refractivity contribution < 1.29 is 9.47 Å². The highest BCUT2D eigenvalue weighted by Crippen LogP contribution is 2.18. The summed E-state index contributed by atoms with van der Waals surface area (Å²) in [5.41, 5.74) is 1.33. The van der Waals surface area contributed by atoms with E-state index in [2.05, 4.69) is 45.0 Å². The van der Waals surface area contributed by atoms with Crippen molar-refractivity contribution >= 4 is 5.69 Å². The zero-order valence-electron chi connectivity index (χ0n) is 16.6. The quantitative estimate of drug-likeness (QED) is 0.735. The SMILES string of the molecule is c1ccc(OCC(CN2CCOCC2)N2CCN(c3ccccc3)CC2)cc1. The van der Waals surface area contributed by atoms with E-state index in [4.69, 9.17) is 9.47 Å². The van der Waals surface area contributed by atoms with Gasteiger partial charge in [-0.2, -0.15) is 0 Å². The topological polar surface area (TPSA) is 28.2 Å². The van der Waals surface area contributed by atoms with Crippen LogP contribution in [-0.2, 0) is 4.74 Å². The molecule has 2 aliphatic heterocycles. The van der Waals surface area contributed by atoms with Crippen LogP contribution in [0.5, 0.6) is 5.75 Å². The fraction of sp³-hybridized carbons (Fsp3) is 0.478. The molecule has 1 unspecified atom stereocenters. The molecule has 1 atom stereocenters. The molecule has 0 amide bonds. The van der Waals surface area contributed by atoms with Gasteiger partial charge in [0.25, 0.3) is 0 Å². The molecule has 2 aromatic carbocycles. The highest BCUT2D eigenvalue weighted by atomic mass is 16.5. The molecule has 0 N–H and O–H groups in total. The molecule has 0 spiro atoms. The van der Waals surface area contributed by atoms with Gasteiger partial charge in [0.2, 0.25) is 0 Å². The lowest BCUT2D eigenvalue weighted by molar-refractivity contribution is 0.0145. The minimum Gasteiger partial charge on any atom is -0.492 e. The van der Waals surface area contributed by atoms with Gasteiger partial charge in [-0.25, -0.2) is 0 Å².